The summed E-state index contributed by atoms with van der Waals surface area (Å²) in [6, 6.07) is 12.9. The van der Waals surface area contributed by atoms with Crippen molar-refractivity contribution in [2.24, 2.45) is 0 Å². The highest BCUT2D eigenvalue weighted by molar-refractivity contribution is 7.92. The third-order valence-electron chi connectivity index (χ3n) is 3.96. The molecule has 2 N–H and O–H groups in total. The van der Waals surface area contributed by atoms with Gasteiger partial charge in [-0.3, -0.25) is 13.9 Å². The molecule has 0 aliphatic rings. The number of rotatable bonds is 10. The number of sulfonamides is 1. The van der Waals surface area contributed by atoms with Crippen LogP contribution in [0.2, 0.25) is 0 Å². The maximum Gasteiger partial charge on any atom is 0.253 e. The molecule has 2 aromatic rings. The molecule has 0 saturated heterocycles. The first-order valence-electron chi connectivity index (χ1n) is 9.24. The van der Waals surface area contributed by atoms with E-state index in [4.69, 9.17) is 4.74 Å². The van der Waals surface area contributed by atoms with Crippen molar-refractivity contribution in [1.29, 1.82) is 0 Å². The van der Waals surface area contributed by atoms with Gasteiger partial charge < -0.3 is 15.4 Å². The number of nitrogens with one attached hydrogen (secondary N) is 2. The first kappa shape index (κ1) is 23.0. The van der Waals surface area contributed by atoms with Crippen LogP contribution in [0.15, 0.2) is 61.2 Å². The minimum absolute atomic E-state index is 0.261. The zero-order valence-corrected chi connectivity index (χ0v) is 17.7. The molecule has 8 nitrogen and oxygen atoms in total. The molecule has 0 saturated carbocycles. The van der Waals surface area contributed by atoms with Crippen LogP contribution in [0.3, 0.4) is 0 Å². The SMILES string of the molecule is C=CCNC(=O)c1ccccc1NC(=O)CN(c1cccc(OCC)c1)S(C)(=O)=O. The summed E-state index contributed by atoms with van der Waals surface area (Å²) in [5, 5.41) is 5.26. The molecular weight excluding hydrogens is 406 g/mol. The Balaban J connectivity index is 2.23. The summed E-state index contributed by atoms with van der Waals surface area (Å²) >= 11 is 0. The van der Waals surface area contributed by atoms with Gasteiger partial charge in [-0.2, -0.15) is 0 Å². The molecule has 0 bridgehead atoms. The Morgan fingerprint density at radius 2 is 1.90 bits per heavy atom. The smallest absolute Gasteiger partial charge is 0.253 e. The number of hydrogen-bond donors (Lipinski definition) is 2. The quantitative estimate of drug-likeness (QED) is 0.562. The minimum Gasteiger partial charge on any atom is -0.494 e. The van der Waals surface area contributed by atoms with E-state index in [9.17, 15) is 18.0 Å². The molecule has 0 spiro atoms. The zero-order chi connectivity index (χ0) is 22.1. The lowest BCUT2D eigenvalue weighted by molar-refractivity contribution is -0.114. The van der Waals surface area contributed by atoms with Crippen molar-refractivity contribution in [1.82, 2.24) is 5.32 Å². The van der Waals surface area contributed by atoms with E-state index in [1.165, 1.54) is 0 Å². The molecule has 0 atom stereocenters. The van der Waals surface area contributed by atoms with E-state index in [1.54, 1.807) is 54.6 Å². The second-order valence-corrected chi connectivity index (χ2v) is 8.20. The summed E-state index contributed by atoms with van der Waals surface area (Å²) in [7, 11) is -3.75. The maximum absolute atomic E-state index is 12.6. The lowest BCUT2D eigenvalue weighted by atomic mass is 10.1. The summed E-state index contributed by atoms with van der Waals surface area (Å²) in [6.45, 7) is 5.60. The average molecular weight is 432 g/mol. The lowest BCUT2D eigenvalue weighted by Gasteiger charge is -2.22. The van der Waals surface area contributed by atoms with E-state index in [0.717, 1.165) is 10.6 Å². The molecule has 2 rings (SSSR count). The van der Waals surface area contributed by atoms with Crippen LogP contribution in [-0.4, -0.2) is 46.2 Å². The number of carbonyl (C=O) groups excluding carboxylic acids is 2. The standard InChI is InChI=1S/C21H25N3O5S/c1-4-13-22-21(26)18-11-6-7-12-19(18)23-20(25)15-24(30(3,27)28)16-9-8-10-17(14-16)29-5-2/h4,6-12,14H,1,5,13,15H2,2-3H3,(H,22,26)(H,23,25). The van der Waals surface area contributed by atoms with E-state index in [-0.39, 0.29) is 23.7 Å². The van der Waals surface area contributed by atoms with Gasteiger partial charge in [-0.05, 0) is 31.2 Å². The first-order valence-corrected chi connectivity index (χ1v) is 11.1. The molecule has 2 aromatic carbocycles. The molecule has 0 aromatic heterocycles. The number of amides is 2. The number of nitrogens with zero attached hydrogens (tertiary/aromatic N) is 1. The van der Waals surface area contributed by atoms with Crippen molar-refractivity contribution in [3.05, 3.63) is 66.7 Å². The summed E-state index contributed by atoms with van der Waals surface area (Å²) in [6.07, 6.45) is 2.56. The number of ether oxygens (including phenoxy) is 1. The fourth-order valence-corrected chi connectivity index (χ4v) is 3.51. The Morgan fingerprint density at radius 1 is 1.17 bits per heavy atom. The largest absolute Gasteiger partial charge is 0.494 e. The fraction of sp³-hybridized carbons (Fsp3) is 0.238. The molecule has 160 valence electrons. The third-order valence-corrected chi connectivity index (χ3v) is 5.10. The van der Waals surface area contributed by atoms with Crippen LogP contribution >= 0.6 is 0 Å². The highest BCUT2D eigenvalue weighted by atomic mass is 32.2. The van der Waals surface area contributed by atoms with Crippen LogP contribution in [0.5, 0.6) is 5.75 Å². The minimum atomic E-state index is -3.75. The molecule has 0 radical (unpaired) electrons. The molecule has 0 aliphatic heterocycles. The second-order valence-electron chi connectivity index (χ2n) is 6.29. The van der Waals surface area contributed by atoms with Crippen molar-refractivity contribution in [3.8, 4) is 5.75 Å². The van der Waals surface area contributed by atoms with E-state index in [0.29, 0.717) is 18.0 Å². The number of carbonyl (C=O) groups is 2. The summed E-state index contributed by atoms with van der Waals surface area (Å²) in [5.74, 6) is -0.477. The molecule has 0 aliphatic carbocycles. The Labute approximate surface area is 176 Å². The van der Waals surface area contributed by atoms with Gasteiger partial charge >= 0.3 is 0 Å². The van der Waals surface area contributed by atoms with Gasteiger partial charge in [0.1, 0.15) is 12.3 Å². The van der Waals surface area contributed by atoms with Crippen LogP contribution in [0.1, 0.15) is 17.3 Å². The Hall–Kier alpha value is -3.33. The fourth-order valence-electron chi connectivity index (χ4n) is 2.67. The van der Waals surface area contributed by atoms with Crippen molar-refractivity contribution in [2.45, 2.75) is 6.92 Å². The number of hydrogen-bond acceptors (Lipinski definition) is 5. The summed E-state index contributed by atoms with van der Waals surface area (Å²) < 4.78 is 31.0. The Bertz CT molecular complexity index is 1020. The number of para-hydroxylation sites is 1. The highest BCUT2D eigenvalue weighted by Gasteiger charge is 2.22. The molecule has 2 amide bonds. The number of anilines is 2. The summed E-state index contributed by atoms with van der Waals surface area (Å²) in [5.41, 5.74) is 0.841. The van der Waals surface area contributed by atoms with Crippen molar-refractivity contribution >= 4 is 33.2 Å². The molecule has 30 heavy (non-hydrogen) atoms. The van der Waals surface area contributed by atoms with E-state index >= 15 is 0 Å². The zero-order valence-electron chi connectivity index (χ0n) is 16.9. The predicted octanol–water partition coefficient (Wildman–Crippen LogP) is 2.41. The van der Waals surface area contributed by atoms with Crippen LogP contribution in [0.4, 0.5) is 11.4 Å². The van der Waals surface area contributed by atoms with Gasteiger partial charge in [0.2, 0.25) is 15.9 Å². The van der Waals surface area contributed by atoms with Crippen molar-refractivity contribution in [2.75, 3.05) is 35.6 Å². The van der Waals surface area contributed by atoms with Crippen LogP contribution in [-0.2, 0) is 14.8 Å². The van der Waals surface area contributed by atoms with E-state index in [1.807, 2.05) is 6.92 Å². The average Bonchev–Trinajstić information content (AvgIpc) is 2.70. The lowest BCUT2D eigenvalue weighted by Crippen LogP contribution is -2.37. The van der Waals surface area contributed by atoms with Crippen molar-refractivity contribution in [3.63, 3.8) is 0 Å². The molecule has 0 heterocycles. The second kappa shape index (κ2) is 10.4. The van der Waals surface area contributed by atoms with Gasteiger partial charge in [0.25, 0.3) is 5.91 Å². The van der Waals surface area contributed by atoms with E-state index in [2.05, 4.69) is 17.2 Å². The predicted molar refractivity (Wildman–Crippen MR) is 117 cm³/mol. The van der Waals surface area contributed by atoms with Crippen LogP contribution < -0.4 is 19.7 Å². The molecular formula is C21H25N3O5S. The van der Waals surface area contributed by atoms with Gasteiger partial charge in [-0.1, -0.05) is 24.3 Å². The van der Waals surface area contributed by atoms with Gasteiger partial charge in [0.15, 0.2) is 0 Å². The molecule has 0 unspecified atom stereocenters. The Kier molecular flexibility index (Phi) is 7.99. The first-order chi connectivity index (χ1) is 14.3. The number of benzene rings is 2. The normalized spacial score (nSPS) is 10.7. The van der Waals surface area contributed by atoms with Crippen LogP contribution in [0.25, 0.3) is 0 Å². The third kappa shape index (κ3) is 6.35. The molecule has 0 fully saturated rings. The van der Waals surface area contributed by atoms with E-state index < -0.39 is 22.5 Å². The van der Waals surface area contributed by atoms with Gasteiger partial charge in [-0.25, -0.2) is 8.42 Å². The topological polar surface area (TPSA) is 105 Å². The van der Waals surface area contributed by atoms with Crippen LogP contribution in [0, 0.1) is 0 Å². The summed E-state index contributed by atoms with van der Waals surface area (Å²) in [4.78, 5) is 24.9. The Morgan fingerprint density at radius 3 is 2.57 bits per heavy atom. The van der Waals surface area contributed by atoms with Gasteiger partial charge in [0, 0.05) is 12.6 Å². The maximum atomic E-state index is 12.6. The molecule has 9 heteroatoms. The monoisotopic (exact) mass is 431 g/mol. The van der Waals surface area contributed by atoms with Gasteiger partial charge in [-0.15, -0.1) is 6.58 Å². The van der Waals surface area contributed by atoms with Gasteiger partial charge in [0.05, 0.1) is 29.8 Å². The highest BCUT2D eigenvalue weighted by Crippen LogP contribution is 2.23. The van der Waals surface area contributed by atoms with Crippen molar-refractivity contribution < 1.29 is 22.7 Å².